The van der Waals surface area contributed by atoms with E-state index in [1.54, 1.807) is 37.1 Å². The largest absolute Gasteiger partial charge is 0.508 e. The van der Waals surface area contributed by atoms with Crippen LogP contribution >= 0.6 is 0 Å². The van der Waals surface area contributed by atoms with Crippen molar-refractivity contribution in [3.63, 3.8) is 0 Å². The Balaban J connectivity index is 2.11. The molecule has 0 spiro atoms. The van der Waals surface area contributed by atoms with Crippen LogP contribution in [0.5, 0.6) is 5.75 Å². The van der Waals surface area contributed by atoms with E-state index in [4.69, 9.17) is 5.73 Å². The second kappa shape index (κ2) is 5.65. The van der Waals surface area contributed by atoms with Crippen LogP contribution in [0.25, 0.3) is 0 Å². The lowest BCUT2D eigenvalue weighted by atomic mass is 10.1. The predicted molar refractivity (Wildman–Crippen MR) is 79.5 cm³/mol. The minimum Gasteiger partial charge on any atom is -0.508 e. The molecule has 20 heavy (non-hydrogen) atoms. The van der Waals surface area contributed by atoms with E-state index in [1.165, 1.54) is 0 Å². The van der Waals surface area contributed by atoms with Gasteiger partial charge in [-0.1, -0.05) is 12.1 Å². The molecule has 0 saturated carbocycles. The van der Waals surface area contributed by atoms with E-state index < -0.39 is 0 Å². The number of nitrogens with two attached hydrogens (primary N) is 1. The first-order valence-corrected chi connectivity index (χ1v) is 6.37. The summed E-state index contributed by atoms with van der Waals surface area (Å²) >= 11 is 0. The third-order valence-corrected chi connectivity index (χ3v) is 3.19. The number of rotatable bonds is 3. The molecule has 0 atom stereocenters. The van der Waals surface area contributed by atoms with Gasteiger partial charge in [-0.05, 0) is 48.4 Å². The standard InChI is InChI=1S/C16H18N2O2/c1-11-9-13(5-8-15(11)19)16(20)18(2)10-12-3-6-14(17)7-4-12/h3-9,19H,10,17H2,1-2H3. The molecule has 0 unspecified atom stereocenters. The molecule has 0 aliphatic carbocycles. The molecule has 1 amide bonds. The second-order valence-electron chi connectivity index (χ2n) is 4.90. The summed E-state index contributed by atoms with van der Waals surface area (Å²) in [5, 5.41) is 9.49. The van der Waals surface area contributed by atoms with Crippen LogP contribution in [0.15, 0.2) is 42.5 Å². The molecule has 2 aromatic carbocycles. The topological polar surface area (TPSA) is 66.6 Å². The lowest BCUT2D eigenvalue weighted by Crippen LogP contribution is -2.26. The van der Waals surface area contributed by atoms with Crippen LogP contribution in [0, 0.1) is 6.92 Å². The van der Waals surface area contributed by atoms with E-state index in [1.807, 2.05) is 24.3 Å². The van der Waals surface area contributed by atoms with Gasteiger partial charge in [0.15, 0.2) is 0 Å². The number of nitrogens with zero attached hydrogens (tertiary/aromatic N) is 1. The number of carbonyl (C=O) groups excluding carboxylic acids is 1. The number of benzene rings is 2. The van der Waals surface area contributed by atoms with Crippen LogP contribution in [0.4, 0.5) is 5.69 Å². The molecule has 2 rings (SSSR count). The molecule has 0 radical (unpaired) electrons. The van der Waals surface area contributed by atoms with Gasteiger partial charge >= 0.3 is 0 Å². The first-order chi connectivity index (χ1) is 9.47. The monoisotopic (exact) mass is 270 g/mol. The molecule has 0 fully saturated rings. The minimum atomic E-state index is -0.0788. The number of hydrogen-bond acceptors (Lipinski definition) is 3. The van der Waals surface area contributed by atoms with Gasteiger partial charge in [0.1, 0.15) is 5.75 Å². The molecule has 0 aliphatic heterocycles. The fraction of sp³-hybridized carbons (Fsp3) is 0.188. The summed E-state index contributed by atoms with van der Waals surface area (Å²) in [4.78, 5) is 13.9. The van der Waals surface area contributed by atoms with Gasteiger partial charge in [-0.25, -0.2) is 0 Å². The summed E-state index contributed by atoms with van der Waals surface area (Å²) in [5.74, 6) is 0.118. The quantitative estimate of drug-likeness (QED) is 0.842. The van der Waals surface area contributed by atoms with E-state index in [0.29, 0.717) is 23.4 Å². The van der Waals surface area contributed by atoms with Crippen molar-refractivity contribution in [3.8, 4) is 5.75 Å². The van der Waals surface area contributed by atoms with E-state index in [2.05, 4.69) is 0 Å². The Morgan fingerprint density at radius 2 is 1.85 bits per heavy atom. The van der Waals surface area contributed by atoms with Gasteiger partial charge in [0.05, 0.1) is 0 Å². The predicted octanol–water partition coefficient (Wildman–Crippen LogP) is 2.56. The van der Waals surface area contributed by atoms with Gasteiger partial charge in [-0.2, -0.15) is 0 Å². The number of aromatic hydroxyl groups is 1. The molecular weight excluding hydrogens is 252 g/mol. The molecule has 3 N–H and O–H groups in total. The molecule has 0 saturated heterocycles. The molecule has 0 bridgehead atoms. The van der Waals surface area contributed by atoms with Crippen molar-refractivity contribution in [2.45, 2.75) is 13.5 Å². The van der Waals surface area contributed by atoms with Crippen molar-refractivity contribution < 1.29 is 9.90 Å². The first-order valence-electron chi connectivity index (χ1n) is 6.37. The van der Waals surface area contributed by atoms with E-state index in [0.717, 1.165) is 5.56 Å². The summed E-state index contributed by atoms with van der Waals surface area (Å²) in [6.07, 6.45) is 0. The highest BCUT2D eigenvalue weighted by atomic mass is 16.3. The zero-order valence-electron chi connectivity index (χ0n) is 11.6. The fourth-order valence-corrected chi connectivity index (χ4v) is 1.98. The summed E-state index contributed by atoms with van der Waals surface area (Å²) in [6.45, 7) is 2.28. The normalized spacial score (nSPS) is 10.3. The maximum atomic E-state index is 12.3. The number of hydrogen-bond donors (Lipinski definition) is 2. The third kappa shape index (κ3) is 3.09. The van der Waals surface area contributed by atoms with E-state index >= 15 is 0 Å². The van der Waals surface area contributed by atoms with Crippen molar-refractivity contribution >= 4 is 11.6 Å². The Kier molecular flexibility index (Phi) is 3.94. The van der Waals surface area contributed by atoms with Crippen molar-refractivity contribution in [1.82, 2.24) is 4.90 Å². The number of anilines is 1. The summed E-state index contributed by atoms with van der Waals surface area (Å²) in [5.41, 5.74) is 8.62. The molecule has 4 heteroatoms. The highest BCUT2D eigenvalue weighted by Gasteiger charge is 2.13. The van der Waals surface area contributed by atoms with Crippen molar-refractivity contribution in [1.29, 1.82) is 0 Å². The number of nitrogen functional groups attached to an aromatic ring is 1. The molecule has 4 nitrogen and oxygen atoms in total. The van der Waals surface area contributed by atoms with Crippen molar-refractivity contribution in [3.05, 3.63) is 59.2 Å². The Hall–Kier alpha value is -2.49. The summed E-state index contributed by atoms with van der Waals surface area (Å²) in [6, 6.07) is 12.3. The molecular formula is C16H18N2O2. The number of phenolic OH excluding ortho intramolecular Hbond substituents is 1. The van der Waals surface area contributed by atoms with E-state index in [9.17, 15) is 9.90 Å². The summed E-state index contributed by atoms with van der Waals surface area (Å²) < 4.78 is 0. The molecule has 2 aromatic rings. The van der Waals surface area contributed by atoms with Gasteiger partial charge < -0.3 is 15.7 Å². The zero-order valence-corrected chi connectivity index (χ0v) is 11.6. The fourth-order valence-electron chi connectivity index (χ4n) is 1.98. The summed E-state index contributed by atoms with van der Waals surface area (Å²) in [7, 11) is 1.75. The third-order valence-electron chi connectivity index (χ3n) is 3.19. The van der Waals surface area contributed by atoms with Crippen LogP contribution in [0.3, 0.4) is 0 Å². The Morgan fingerprint density at radius 3 is 2.45 bits per heavy atom. The highest BCUT2D eigenvalue weighted by molar-refractivity contribution is 5.94. The number of phenols is 1. The average Bonchev–Trinajstić information content (AvgIpc) is 2.43. The smallest absolute Gasteiger partial charge is 0.253 e. The molecule has 0 heterocycles. The first kappa shape index (κ1) is 13.9. The maximum Gasteiger partial charge on any atom is 0.253 e. The number of carbonyl (C=O) groups is 1. The number of aryl methyl sites for hydroxylation is 1. The zero-order chi connectivity index (χ0) is 14.7. The Bertz CT molecular complexity index is 621. The maximum absolute atomic E-state index is 12.3. The lowest BCUT2D eigenvalue weighted by molar-refractivity contribution is 0.0785. The SMILES string of the molecule is Cc1cc(C(=O)N(C)Cc2ccc(N)cc2)ccc1O. The van der Waals surface area contributed by atoms with Gasteiger partial charge in [-0.15, -0.1) is 0 Å². The van der Waals surface area contributed by atoms with Gasteiger partial charge in [0.25, 0.3) is 5.91 Å². The molecule has 0 aromatic heterocycles. The Morgan fingerprint density at radius 1 is 1.20 bits per heavy atom. The van der Waals surface area contributed by atoms with Gasteiger partial charge in [0.2, 0.25) is 0 Å². The van der Waals surface area contributed by atoms with Crippen LogP contribution in [-0.2, 0) is 6.54 Å². The highest BCUT2D eigenvalue weighted by Crippen LogP contribution is 2.18. The van der Waals surface area contributed by atoms with Crippen molar-refractivity contribution in [2.75, 3.05) is 12.8 Å². The van der Waals surface area contributed by atoms with Gasteiger partial charge in [-0.3, -0.25) is 4.79 Å². The second-order valence-corrected chi connectivity index (χ2v) is 4.90. The Labute approximate surface area is 118 Å². The van der Waals surface area contributed by atoms with Crippen LogP contribution < -0.4 is 5.73 Å². The van der Waals surface area contributed by atoms with Crippen LogP contribution in [-0.4, -0.2) is 23.0 Å². The average molecular weight is 270 g/mol. The lowest BCUT2D eigenvalue weighted by Gasteiger charge is -2.18. The van der Waals surface area contributed by atoms with Crippen molar-refractivity contribution in [2.24, 2.45) is 0 Å². The molecule has 0 aliphatic rings. The van der Waals surface area contributed by atoms with Crippen LogP contribution in [0.1, 0.15) is 21.5 Å². The minimum absolute atomic E-state index is 0.0788. The molecule has 104 valence electrons. The van der Waals surface area contributed by atoms with E-state index in [-0.39, 0.29) is 11.7 Å². The number of amides is 1. The van der Waals surface area contributed by atoms with Crippen LogP contribution in [0.2, 0.25) is 0 Å². The van der Waals surface area contributed by atoms with Gasteiger partial charge in [0, 0.05) is 24.8 Å².